The first-order valence-electron chi connectivity index (χ1n) is 14.0. The Morgan fingerprint density at radius 1 is 0.952 bits per heavy atom. The number of nitrogens with zero attached hydrogens (tertiary/aromatic N) is 6. The molecule has 10 heteroatoms. The van der Waals surface area contributed by atoms with Crippen LogP contribution in [0.5, 0.6) is 0 Å². The number of methoxy groups -OCH3 is 1. The maximum Gasteiger partial charge on any atom is 0.274 e. The Balaban J connectivity index is 1.48. The first-order chi connectivity index (χ1) is 20.4. The van der Waals surface area contributed by atoms with E-state index in [1.54, 1.807) is 45.9 Å². The molecule has 4 aromatic rings. The van der Waals surface area contributed by atoms with Gasteiger partial charge in [0, 0.05) is 65.3 Å². The van der Waals surface area contributed by atoms with E-state index in [0.29, 0.717) is 44.1 Å². The summed E-state index contributed by atoms with van der Waals surface area (Å²) >= 11 is 0. The standard InChI is InChI=1S/C32H35FN6O3/c1-36-30(24-11-13-26(33)14-12-24)20-28(35-36)32(41)38-19-18-37(22-27-9-5-6-15-34-27)16-7-17-39(31(40)23-42-2)29-10-4-3-8-25(29)21-38/h3-6,8-15,20H,7,16-19,21-23H2,1-2H3. The van der Waals surface area contributed by atoms with Crippen LogP contribution >= 0.6 is 0 Å². The number of para-hydroxylation sites is 1. The van der Waals surface area contributed by atoms with Crippen molar-refractivity contribution in [2.75, 3.05) is 44.8 Å². The third-order valence-corrected chi connectivity index (χ3v) is 7.39. The molecule has 0 fully saturated rings. The number of rotatable bonds is 6. The first-order valence-corrected chi connectivity index (χ1v) is 14.0. The number of hydrogen-bond acceptors (Lipinski definition) is 6. The van der Waals surface area contributed by atoms with Gasteiger partial charge >= 0.3 is 0 Å². The van der Waals surface area contributed by atoms with Gasteiger partial charge in [0.2, 0.25) is 0 Å². The van der Waals surface area contributed by atoms with Gasteiger partial charge in [-0.15, -0.1) is 0 Å². The van der Waals surface area contributed by atoms with Crippen molar-refractivity contribution >= 4 is 17.5 Å². The summed E-state index contributed by atoms with van der Waals surface area (Å²) in [7, 11) is 3.28. The molecule has 0 bridgehead atoms. The Labute approximate surface area is 245 Å². The molecule has 2 aromatic carbocycles. The summed E-state index contributed by atoms with van der Waals surface area (Å²) in [6.07, 6.45) is 2.52. The van der Waals surface area contributed by atoms with E-state index in [4.69, 9.17) is 4.74 Å². The summed E-state index contributed by atoms with van der Waals surface area (Å²) in [5.74, 6) is -0.680. The maximum atomic E-state index is 14.1. The normalized spacial score (nSPS) is 14.7. The molecule has 0 atom stereocenters. The van der Waals surface area contributed by atoms with Crippen molar-refractivity contribution in [1.29, 1.82) is 0 Å². The zero-order chi connectivity index (χ0) is 29.5. The number of ether oxygens (including phenoxy) is 1. The van der Waals surface area contributed by atoms with Crippen molar-refractivity contribution in [2.45, 2.75) is 19.5 Å². The smallest absolute Gasteiger partial charge is 0.274 e. The fourth-order valence-corrected chi connectivity index (χ4v) is 5.28. The SMILES string of the molecule is COCC(=O)N1CCCN(Cc2ccccn2)CCN(C(=O)c2cc(-c3ccc(F)cc3)n(C)n2)Cc2ccccc21. The second kappa shape index (κ2) is 13.5. The van der Waals surface area contributed by atoms with Crippen LogP contribution in [0.3, 0.4) is 0 Å². The zero-order valence-corrected chi connectivity index (χ0v) is 23.9. The average molecular weight is 571 g/mol. The molecule has 5 rings (SSSR count). The predicted octanol–water partition coefficient (Wildman–Crippen LogP) is 4.15. The molecule has 0 aliphatic carbocycles. The minimum absolute atomic E-state index is 0.0330. The third kappa shape index (κ3) is 6.89. The second-order valence-electron chi connectivity index (χ2n) is 10.3. The van der Waals surface area contributed by atoms with Crippen LogP contribution in [0.2, 0.25) is 0 Å². The number of aryl methyl sites for hydroxylation is 1. The van der Waals surface area contributed by atoms with Crippen LogP contribution in [0.15, 0.2) is 79.0 Å². The highest BCUT2D eigenvalue weighted by molar-refractivity contribution is 5.96. The van der Waals surface area contributed by atoms with Crippen molar-refractivity contribution in [1.82, 2.24) is 24.6 Å². The summed E-state index contributed by atoms with van der Waals surface area (Å²) < 4.78 is 20.4. The fraction of sp³-hybridized carbons (Fsp3) is 0.312. The third-order valence-electron chi connectivity index (χ3n) is 7.39. The lowest BCUT2D eigenvalue weighted by Crippen LogP contribution is -2.39. The quantitative estimate of drug-likeness (QED) is 0.347. The molecule has 218 valence electrons. The van der Waals surface area contributed by atoms with E-state index in [9.17, 15) is 14.0 Å². The van der Waals surface area contributed by atoms with Crippen LogP contribution in [-0.4, -0.2) is 76.3 Å². The van der Waals surface area contributed by atoms with Gasteiger partial charge in [-0.2, -0.15) is 5.10 Å². The lowest BCUT2D eigenvalue weighted by atomic mass is 10.1. The Bertz CT molecular complexity index is 1510. The van der Waals surface area contributed by atoms with Gasteiger partial charge in [0.25, 0.3) is 11.8 Å². The van der Waals surface area contributed by atoms with Crippen LogP contribution in [0.4, 0.5) is 10.1 Å². The molecule has 3 heterocycles. The van der Waals surface area contributed by atoms with Gasteiger partial charge < -0.3 is 14.5 Å². The van der Waals surface area contributed by atoms with E-state index in [1.165, 1.54) is 19.2 Å². The van der Waals surface area contributed by atoms with Crippen molar-refractivity contribution < 1.29 is 18.7 Å². The van der Waals surface area contributed by atoms with Crippen molar-refractivity contribution in [3.05, 3.63) is 102 Å². The van der Waals surface area contributed by atoms with E-state index in [1.807, 2.05) is 42.5 Å². The number of carbonyl (C=O) groups is 2. The molecular weight excluding hydrogens is 535 g/mol. The number of halogens is 1. The monoisotopic (exact) mass is 570 g/mol. The van der Waals surface area contributed by atoms with Crippen molar-refractivity contribution in [2.24, 2.45) is 7.05 Å². The topological polar surface area (TPSA) is 83.8 Å². The molecule has 0 unspecified atom stereocenters. The number of carbonyl (C=O) groups excluding carboxylic acids is 2. The zero-order valence-electron chi connectivity index (χ0n) is 23.9. The van der Waals surface area contributed by atoms with E-state index in [2.05, 4.69) is 15.0 Å². The van der Waals surface area contributed by atoms with Crippen LogP contribution in [-0.2, 0) is 29.7 Å². The van der Waals surface area contributed by atoms with Gasteiger partial charge in [-0.25, -0.2) is 4.39 Å². The lowest BCUT2D eigenvalue weighted by Gasteiger charge is -2.27. The van der Waals surface area contributed by atoms with E-state index >= 15 is 0 Å². The van der Waals surface area contributed by atoms with Gasteiger partial charge in [0.1, 0.15) is 12.4 Å². The number of benzene rings is 2. The molecular formula is C32H35FN6O3. The number of hydrogen-bond donors (Lipinski definition) is 0. The first kappa shape index (κ1) is 29.1. The summed E-state index contributed by atoms with van der Waals surface area (Å²) in [4.78, 5) is 37.5. The van der Waals surface area contributed by atoms with Crippen molar-refractivity contribution in [3.8, 4) is 11.3 Å². The highest BCUT2D eigenvalue weighted by atomic mass is 19.1. The minimum Gasteiger partial charge on any atom is -0.375 e. The Morgan fingerprint density at radius 3 is 2.50 bits per heavy atom. The van der Waals surface area contributed by atoms with E-state index < -0.39 is 0 Å². The highest BCUT2D eigenvalue weighted by Gasteiger charge is 2.26. The highest BCUT2D eigenvalue weighted by Crippen LogP contribution is 2.26. The molecule has 42 heavy (non-hydrogen) atoms. The number of aromatic nitrogens is 3. The molecule has 9 nitrogen and oxygen atoms in total. The summed E-state index contributed by atoms with van der Waals surface area (Å²) in [5.41, 5.74) is 4.35. The van der Waals surface area contributed by atoms with Gasteiger partial charge in [-0.3, -0.25) is 24.2 Å². The average Bonchev–Trinajstić information content (AvgIpc) is 3.38. The molecule has 2 amide bonds. The molecule has 1 aliphatic rings. The van der Waals surface area contributed by atoms with Gasteiger partial charge in [0.15, 0.2) is 5.69 Å². The summed E-state index contributed by atoms with van der Waals surface area (Å²) in [6.45, 7) is 3.20. The number of fused-ring (bicyclic) bond motifs is 1. The largest absolute Gasteiger partial charge is 0.375 e. The summed E-state index contributed by atoms with van der Waals surface area (Å²) in [5, 5.41) is 4.54. The van der Waals surface area contributed by atoms with Gasteiger partial charge in [-0.1, -0.05) is 24.3 Å². The van der Waals surface area contributed by atoms with Crippen LogP contribution < -0.4 is 4.90 Å². The second-order valence-corrected chi connectivity index (χ2v) is 10.3. The van der Waals surface area contributed by atoms with Gasteiger partial charge in [-0.05, 0) is 66.1 Å². The molecule has 2 aromatic heterocycles. The Kier molecular flexibility index (Phi) is 9.35. The van der Waals surface area contributed by atoms with Crippen LogP contribution in [0, 0.1) is 5.82 Å². The number of pyridine rings is 1. The summed E-state index contributed by atoms with van der Waals surface area (Å²) in [6, 6.07) is 21.4. The maximum absolute atomic E-state index is 14.1. The lowest BCUT2D eigenvalue weighted by molar-refractivity contribution is -0.122. The molecule has 0 spiro atoms. The number of amides is 2. The molecule has 0 N–H and O–H groups in total. The van der Waals surface area contributed by atoms with E-state index in [-0.39, 0.29) is 24.2 Å². The van der Waals surface area contributed by atoms with Crippen LogP contribution in [0.25, 0.3) is 11.3 Å². The predicted molar refractivity (Wildman–Crippen MR) is 158 cm³/mol. The van der Waals surface area contributed by atoms with Crippen LogP contribution in [0.1, 0.15) is 28.2 Å². The minimum atomic E-state index is -0.326. The Morgan fingerprint density at radius 2 is 1.74 bits per heavy atom. The molecule has 0 radical (unpaired) electrons. The van der Waals surface area contributed by atoms with Crippen molar-refractivity contribution in [3.63, 3.8) is 0 Å². The van der Waals surface area contributed by atoms with Gasteiger partial charge in [0.05, 0.1) is 11.4 Å². The fourth-order valence-electron chi connectivity index (χ4n) is 5.28. The van der Waals surface area contributed by atoms with E-state index in [0.717, 1.165) is 35.5 Å². The Hall–Kier alpha value is -4.41. The molecule has 0 saturated carbocycles. The molecule has 0 saturated heterocycles. The number of anilines is 1. The molecule has 1 aliphatic heterocycles.